The van der Waals surface area contributed by atoms with Gasteiger partial charge in [0.25, 0.3) is 0 Å². The van der Waals surface area contributed by atoms with Crippen molar-refractivity contribution in [2.45, 2.75) is 45.6 Å². The lowest BCUT2D eigenvalue weighted by Gasteiger charge is -2.07. The van der Waals surface area contributed by atoms with Gasteiger partial charge in [-0.15, -0.1) is 0 Å². The summed E-state index contributed by atoms with van der Waals surface area (Å²) in [6.45, 7) is 3.21. The van der Waals surface area contributed by atoms with Crippen molar-refractivity contribution in [2.24, 2.45) is 5.92 Å². The van der Waals surface area contributed by atoms with E-state index in [1.165, 1.54) is 6.92 Å². The van der Waals surface area contributed by atoms with Gasteiger partial charge < -0.3 is 4.74 Å². The number of carbonyl (C=O) groups excluding carboxylic acids is 2. The van der Waals surface area contributed by atoms with Crippen LogP contribution < -0.4 is 0 Å². The van der Waals surface area contributed by atoms with Crippen LogP contribution in [-0.4, -0.2) is 17.9 Å². The average Bonchev–Trinajstić information content (AvgIpc) is 2.50. The van der Waals surface area contributed by atoms with Crippen LogP contribution in [0.25, 0.3) is 0 Å². The molecule has 0 aromatic rings. The summed E-state index contributed by atoms with van der Waals surface area (Å²) < 4.78 is 4.93. The number of esters is 1. The van der Waals surface area contributed by atoms with Crippen molar-refractivity contribution in [3.05, 3.63) is 12.2 Å². The Hall–Kier alpha value is -1.12. The van der Waals surface area contributed by atoms with E-state index in [0.29, 0.717) is 5.78 Å². The van der Waals surface area contributed by atoms with Crippen LogP contribution in [0.4, 0.5) is 0 Å². The third kappa shape index (κ3) is 4.28. The van der Waals surface area contributed by atoms with Crippen molar-refractivity contribution in [1.29, 1.82) is 0 Å². The lowest BCUT2D eigenvalue weighted by Crippen LogP contribution is -2.09. The molecule has 1 aliphatic rings. The molecule has 1 rings (SSSR count). The minimum absolute atomic E-state index is 0.195. The third-order valence-electron chi connectivity index (χ3n) is 2.61. The molecule has 84 valence electrons. The number of rotatable bonds is 4. The Kier molecular flexibility index (Phi) is 4.53. The van der Waals surface area contributed by atoms with E-state index >= 15 is 0 Å². The molecule has 0 saturated heterocycles. The van der Waals surface area contributed by atoms with Gasteiger partial charge in [0, 0.05) is 19.3 Å². The van der Waals surface area contributed by atoms with Crippen LogP contribution >= 0.6 is 0 Å². The summed E-state index contributed by atoms with van der Waals surface area (Å²) in [7, 11) is 0. The van der Waals surface area contributed by atoms with Crippen LogP contribution in [0.1, 0.15) is 39.5 Å². The van der Waals surface area contributed by atoms with E-state index in [9.17, 15) is 9.59 Å². The molecule has 0 spiro atoms. The zero-order chi connectivity index (χ0) is 11.3. The van der Waals surface area contributed by atoms with Crippen LogP contribution in [0.5, 0.6) is 0 Å². The van der Waals surface area contributed by atoms with E-state index in [0.717, 1.165) is 25.7 Å². The molecule has 0 aliphatic heterocycles. The summed E-state index contributed by atoms with van der Waals surface area (Å²) in [6.07, 6.45) is 7.14. The first-order valence-corrected chi connectivity index (χ1v) is 5.46. The van der Waals surface area contributed by atoms with Crippen molar-refractivity contribution in [3.63, 3.8) is 0 Å². The van der Waals surface area contributed by atoms with Gasteiger partial charge in [0.1, 0.15) is 11.9 Å². The second-order valence-electron chi connectivity index (χ2n) is 4.03. The predicted molar refractivity (Wildman–Crippen MR) is 57.3 cm³/mol. The maximum Gasteiger partial charge on any atom is 0.303 e. The fraction of sp³-hybridized carbons (Fsp3) is 0.667. The minimum atomic E-state index is -0.274. The monoisotopic (exact) mass is 210 g/mol. The van der Waals surface area contributed by atoms with E-state index in [4.69, 9.17) is 4.74 Å². The number of carbonyl (C=O) groups is 2. The Morgan fingerprint density at radius 2 is 2.40 bits per heavy atom. The lowest BCUT2D eigenvalue weighted by atomic mass is 10.0. The molecular formula is C12H18O3. The maximum atomic E-state index is 11.3. The van der Waals surface area contributed by atoms with E-state index in [2.05, 4.69) is 0 Å². The van der Waals surface area contributed by atoms with Gasteiger partial charge in [-0.05, 0) is 32.3 Å². The van der Waals surface area contributed by atoms with Crippen molar-refractivity contribution in [1.82, 2.24) is 0 Å². The molecule has 0 N–H and O–H groups in total. The van der Waals surface area contributed by atoms with E-state index in [1.807, 2.05) is 19.1 Å². The number of ketones is 1. The highest BCUT2D eigenvalue weighted by molar-refractivity contribution is 5.82. The number of Topliss-reactive ketones (excluding diaryl/α,β-unsaturated/α-hetero) is 1. The molecule has 15 heavy (non-hydrogen) atoms. The average molecular weight is 210 g/mol. The summed E-state index contributed by atoms with van der Waals surface area (Å²) >= 11 is 0. The van der Waals surface area contributed by atoms with E-state index < -0.39 is 0 Å². The number of ether oxygens (including phenoxy) is 1. The van der Waals surface area contributed by atoms with Gasteiger partial charge in [0.15, 0.2) is 0 Å². The number of hydrogen-bond donors (Lipinski definition) is 0. The molecule has 1 fully saturated rings. The molecule has 0 heterocycles. The van der Waals surface area contributed by atoms with Crippen molar-refractivity contribution in [3.8, 4) is 0 Å². The van der Waals surface area contributed by atoms with Crippen molar-refractivity contribution < 1.29 is 14.3 Å². The highest BCUT2D eigenvalue weighted by atomic mass is 16.5. The lowest BCUT2D eigenvalue weighted by molar-refractivity contribution is -0.143. The molecular weight excluding hydrogens is 192 g/mol. The van der Waals surface area contributed by atoms with Gasteiger partial charge in [-0.1, -0.05) is 6.08 Å². The maximum absolute atomic E-state index is 11.3. The largest absolute Gasteiger partial charge is 0.459 e. The summed E-state index contributed by atoms with van der Waals surface area (Å²) in [5.41, 5.74) is 0. The second-order valence-corrected chi connectivity index (χ2v) is 4.03. The third-order valence-corrected chi connectivity index (χ3v) is 2.61. The number of allylic oxidation sites excluding steroid dienone is 1. The molecule has 1 aliphatic carbocycles. The molecule has 3 nitrogen and oxygen atoms in total. The van der Waals surface area contributed by atoms with Gasteiger partial charge in [-0.25, -0.2) is 0 Å². The second kappa shape index (κ2) is 5.69. The van der Waals surface area contributed by atoms with Crippen LogP contribution in [0.2, 0.25) is 0 Å². The van der Waals surface area contributed by atoms with Crippen LogP contribution in [0.3, 0.4) is 0 Å². The Morgan fingerprint density at radius 1 is 1.67 bits per heavy atom. The summed E-state index contributed by atoms with van der Waals surface area (Å²) in [4.78, 5) is 21.9. The molecule has 1 saturated carbocycles. The quantitative estimate of drug-likeness (QED) is 0.528. The van der Waals surface area contributed by atoms with Crippen LogP contribution in [-0.2, 0) is 14.3 Å². The highest BCUT2D eigenvalue weighted by Gasteiger charge is 2.22. The van der Waals surface area contributed by atoms with Crippen molar-refractivity contribution in [2.75, 3.05) is 0 Å². The molecule has 3 heteroatoms. The van der Waals surface area contributed by atoms with Gasteiger partial charge >= 0.3 is 5.97 Å². The SMILES string of the molecule is CC(=O)OC(C)/C=C/CC1CCCC1=O. The van der Waals surface area contributed by atoms with Gasteiger partial charge in [-0.3, -0.25) is 9.59 Å². The normalized spacial score (nSPS) is 23.3. The fourth-order valence-corrected chi connectivity index (χ4v) is 1.87. The zero-order valence-electron chi connectivity index (χ0n) is 9.36. The van der Waals surface area contributed by atoms with Crippen LogP contribution in [0.15, 0.2) is 12.2 Å². The predicted octanol–water partition coefficient (Wildman–Crippen LogP) is 2.25. The topological polar surface area (TPSA) is 43.4 Å². The first kappa shape index (κ1) is 12.0. The summed E-state index contributed by atoms with van der Waals surface area (Å²) in [5.74, 6) is 0.301. The Bertz CT molecular complexity index is 268. The smallest absolute Gasteiger partial charge is 0.303 e. The van der Waals surface area contributed by atoms with Crippen molar-refractivity contribution >= 4 is 11.8 Å². The fourth-order valence-electron chi connectivity index (χ4n) is 1.87. The molecule has 0 radical (unpaired) electrons. The highest BCUT2D eigenvalue weighted by Crippen LogP contribution is 2.24. The molecule has 0 bridgehead atoms. The minimum Gasteiger partial charge on any atom is -0.459 e. The molecule has 2 unspecified atom stereocenters. The van der Waals surface area contributed by atoms with E-state index in [-0.39, 0.29) is 18.0 Å². The summed E-state index contributed by atoms with van der Waals surface area (Å²) in [6, 6.07) is 0. The Balaban J connectivity index is 2.26. The number of hydrogen-bond acceptors (Lipinski definition) is 3. The molecule has 2 atom stereocenters. The standard InChI is InChI=1S/C12H18O3/c1-9(15-10(2)13)5-3-6-11-7-4-8-12(11)14/h3,5,9,11H,4,6-8H2,1-2H3/b5-3+. The van der Waals surface area contributed by atoms with E-state index in [1.54, 1.807) is 0 Å². The Labute approximate surface area is 90.5 Å². The molecule has 0 amide bonds. The van der Waals surface area contributed by atoms with Crippen LogP contribution in [0, 0.1) is 5.92 Å². The van der Waals surface area contributed by atoms with Gasteiger partial charge in [-0.2, -0.15) is 0 Å². The first-order valence-electron chi connectivity index (χ1n) is 5.46. The molecule has 0 aromatic carbocycles. The zero-order valence-corrected chi connectivity index (χ0v) is 9.36. The summed E-state index contributed by atoms with van der Waals surface area (Å²) in [5, 5.41) is 0. The first-order chi connectivity index (χ1) is 7.09. The van der Waals surface area contributed by atoms with Gasteiger partial charge in [0.05, 0.1) is 0 Å². The van der Waals surface area contributed by atoms with Gasteiger partial charge in [0.2, 0.25) is 0 Å². The Morgan fingerprint density at radius 3 is 2.93 bits per heavy atom. The molecule has 0 aromatic heterocycles.